The van der Waals surface area contributed by atoms with Gasteiger partial charge in [-0.3, -0.25) is 4.79 Å². The molecule has 0 bridgehead atoms. The van der Waals surface area contributed by atoms with Crippen LogP contribution in [0.25, 0.3) is 0 Å². The number of ketones is 1. The first kappa shape index (κ1) is 21.1. The van der Waals surface area contributed by atoms with E-state index in [4.69, 9.17) is 14.2 Å². The molecule has 0 spiro atoms. The molecule has 1 aromatic carbocycles. The summed E-state index contributed by atoms with van der Waals surface area (Å²) in [6.45, 7) is 6.31. The average molecular weight is 438 g/mol. The number of allylic oxidation sites excluding steroid dienone is 3. The molecule has 170 valence electrons. The maximum absolute atomic E-state index is 13.5. The van der Waals surface area contributed by atoms with Gasteiger partial charge in [-0.25, -0.2) is 4.79 Å². The highest BCUT2D eigenvalue weighted by molar-refractivity contribution is 6.04. The monoisotopic (exact) mass is 437 g/mol. The molecule has 4 aliphatic rings. The third-order valence-corrected chi connectivity index (χ3v) is 7.02. The van der Waals surface area contributed by atoms with Gasteiger partial charge in [0.1, 0.15) is 6.10 Å². The molecule has 1 atom stereocenters. The van der Waals surface area contributed by atoms with Crippen molar-refractivity contribution in [1.82, 2.24) is 5.32 Å². The van der Waals surface area contributed by atoms with Crippen LogP contribution in [0.3, 0.4) is 0 Å². The third kappa shape index (κ3) is 3.80. The summed E-state index contributed by atoms with van der Waals surface area (Å²) in [6.07, 6.45) is 6.34. The van der Waals surface area contributed by atoms with Gasteiger partial charge in [0.2, 0.25) is 6.79 Å². The first-order chi connectivity index (χ1) is 15.3. The van der Waals surface area contributed by atoms with Crippen LogP contribution in [0.1, 0.15) is 77.2 Å². The molecular weight excluding hydrogens is 406 g/mol. The van der Waals surface area contributed by atoms with E-state index < -0.39 is 5.92 Å². The maximum atomic E-state index is 13.5. The first-order valence-electron chi connectivity index (χ1n) is 11.7. The summed E-state index contributed by atoms with van der Waals surface area (Å²) in [6, 6.07) is 5.69. The Morgan fingerprint density at radius 2 is 1.84 bits per heavy atom. The number of Topliss-reactive ketones (excluding diaryl/α,β-unsaturated/α-hetero) is 1. The number of carbonyl (C=O) groups excluding carboxylic acids is 2. The summed E-state index contributed by atoms with van der Waals surface area (Å²) < 4.78 is 17.0. The van der Waals surface area contributed by atoms with Crippen LogP contribution in [-0.4, -0.2) is 24.6 Å². The molecule has 1 N–H and O–H groups in total. The SMILES string of the molecule is CC1=C(C(=O)OC2CCCCC2)C(c2ccc3c(c2)OCO3)C2=C(CC(C)(C)CC2=O)N1. The van der Waals surface area contributed by atoms with Crippen molar-refractivity contribution in [1.29, 1.82) is 0 Å². The molecule has 2 heterocycles. The highest BCUT2D eigenvalue weighted by atomic mass is 16.7. The van der Waals surface area contributed by atoms with Crippen LogP contribution in [0.4, 0.5) is 0 Å². The number of hydrogen-bond acceptors (Lipinski definition) is 6. The maximum Gasteiger partial charge on any atom is 0.337 e. The van der Waals surface area contributed by atoms with Gasteiger partial charge in [-0.2, -0.15) is 0 Å². The van der Waals surface area contributed by atoms with E-state index in [1.807, 2.05) is 25.1 Å². The Morgan fingerprint density at radius 3 is 2.62 bits per heavy atom. The van der Waals surface area contributed by atoms with E-state index in [1.165, 1.54) is 6.42 Å². The van der Waals surface area contributed by atoms with Crippen molar-refractivity contribution in [2.75, 3.05) is 6.79 Å². The largest absolute Gasteiger partial charge is 0.459 e. The highest BCUT2D eigenvalue weighted by Crippen LogP contribution is 2.48. The number of hydrogen-bond donors (Lipinski definition) is 1. The molecule has 1 aromatic rings. The van der Waals surface area contributed by atoms with E-state index in [1.54, 1.807) is 0 Å². The normalized spacial score (nSPS) is 24.8. The molecule has 0 aromatic heterocycles. The van der Waals surface area contributed by atoms with Crippen molar-refractivity contribution < 1.29 is 23.8 Å². The number of nitrogens with one attached hydrogen (secondary N) is 1. The van der Waals surface area contributed by atoms with Crippen molar-refractivity contribution in [3.05, 3.63) is 46.3 Å². The zero-order chi connectivity index (χ0) is 22.5. The van der Waals surface area contributed by atoms with Crippen LogP contribution >= 0.6 is 0 Å². The van der Waals surface area contributed by atoms with Gasteiger partial charge in [0.15, 0.2) is 17.3 Å². The fourth-order valence-electron chi connectivity index (χ4n) is 5.53. The van der Waals surface area contributed by atoms with Gasteiger partial charge in [-0.15, -0.1) is 0 Å². The second-order valence-corrected chi connectivity index (χ2v) is 10.2. The summed E-state index contributed by atoms with van der Waals surface area (Å²) in [5.74, 6) is 0.612. The lowest BCUT2D eigenvalue weighted by atomic mass is 9.68. The molecule has 6 heteroatoms. The van der Waals surface area contributed by atoms with Crippen molar-refractivity contribution >= 4 is 11.8 Å². The smallest absolute Gasteiger partial charge is 0.337 e. The lowest BCUT2D eigenvalue weighted by Gasteiger charge is -2.39. The molecule has 0 amide bonds. The predicted molar refractivity (Wildman–Crippen MR) is 119 cm³/mol. The number of esters is 1. The Bertz CT molecular complexity index is 1030. The molecule has 2 aliphatic carbocycles. The Hall–Kier alpha value is -2.76. The van der Waals surface area contributed by atoms with E-state index in [0.717, 1.165) is 49.1 Å². The van der Waals surface area contributed by atoms with Crippen molar-refractivity contribution in [2.45, 2.75) is 77.7 Å². The standard InChI is InChI=1S/C26H31NO5/c1-15-22(25(29)32-17-7-5-4-6-8-17)23(16-9-10-20-21(11-16)31-14-30-20)24-18(27-15)12-26(2,3)13-19(24)28/h9-11,17,23,27H,4-8,12-14H2,1-3H3. The second-order valence-electron chi connectivity index (χ2n) is 10.2. The van der Waals surface area contributed by atoms with E-state index in [9.17, 15) is 9.59 Å². The predicted octanol–water partition coefficient (Wildman–Crippen LogP) is 4.90. The Labute approximate surface area is 189 Å². The number of rotatable bonds is 3. The minimum atomic E-state index is -0.472. The molecule has 1 saturated carbocycles. The van der Waals surface area contributed by atoms with Crippen LogP contribution in [-0.2, 0) is 14.3 Å². The van der Waals surface area contributed by atoms with Crippen LogP contribution in [0.2, 0.25) is 0 Å². The number of benzene rings is 1. The van der Waals surface area contributed by atoms with Crippen LogP contribution < -0.4 is 14.8 Å². The van der Waals surface area contributed by atoms with Gasteiger partial charge < -0.3 is 19.5 Å². The van der Waals surface area contributed by atoms with E-state index in [0.29, 0.717) is 29.1 Å². The zero-order valence-electron chi connectivity index (χ0n) is 19.1. The molecule has 5 rings (SSSR count). The summed E-state index contributed by atoms with van der Waals surface area (Å²) in [7, 11) is 0. The van der Waals surface area contributed by atoms with Gasteiger partial charge in [-0.1, -0.05) is 26.3 Å². The Morgan fingerprint density at radius 1 is 1.09 bits per heavy atom. The van der Waals surface area contributed by atoms with Gasteiger partial charge in [0.25, 0.3) is 0 Å². The van der Waals surface area contributed by atoms with Crippen molar-refractivity contribution in [3.8, 4) is 11.5 Å². The number of dihydropyridines is 1. The lowest BCUT2D eigenvalue weighted by Crippen LogP contribution is -2.39. The summed E-state index contributed by atoms with van der Waals surface area (Å²) in [5.41, 5.74) is 3.62. The minimum absolute atomic E-state index is 0.0506. The quantitative estimate of drug-likeness (QED) is 0.679. The van der Waals surface area contributed by atoms with Gasteiger partial charge in [0.05, 0.1) is 5.57 Å². The summed E-state index contributed by atoms with van der Waals surface area (Å²) >= 11 is 0. The lowest BCUT2D eigenvalue weighted by molar-refractivity contribution is -0.146. The van der Waals surface area contributed by atoms with Crippen LogP contribution in [0, 0.1) is 5.41 Å². The molecule has 0 radical (unpaired) electrons. The molecule has 32 heavy (non-hydrogen) atoms. The molecule has 1 fully saturated rings. The van der Waals surface area contributed by atoms with Crippen molar-refractivity contribution in [2.24, 2.45) is 5.41 Å². The van der Waals surface area contributed by atoms with Gasteiger partial charge in [0, 0.05) is 29.3 Å². The topological polar surface area (TPSA) is 73.9 Å². The Kier molecular flexibility index (Phi) is 5.26. The second kappa shape index (κ2) is 7.98. The van der Waals surface area contributed by atoms with Gasteiger partial charge >= 0.3 is 5.97 Å². The fourth-order valence-corrected chi connectivity index (χ4v) is 5.53. The molecule has 2 aliphatic heterocycles. The van der Waals surface area contributed by atoms with E-state index in [2.05, 4.69) is 19.2 Å². The third-order valence-electron chi connectivity index (χ3n) is 7.02. The number of fused-ring (bicyclic) bond motifs is 1. The van der Waals surface area contributed by atoms with Crippen LogP contribution in [0.15, 0.2) is 40.7 Å². The van der Waals surface area contributed by atoms with Crippen molar-refractivity contribution in [3.63, 3.8) is 0 Å². The minimum Gasteiger partial charge on any atom is -0.459 e. The molecule has 1 unspecified atom stereocenters. The number of ether oxygens (including phenoxy) is 3. The summed E-state index contributed by atoms with van der Waals surface area (Å²) in [5, 5.41) is 3.41. The first-order valence-corrected chi connectivity index (χ1v) is 11.7. The molecule has 6 nitrogen and oxygen atoms in total. The Balaban J connectivity index is 1.57. The van der Waals surface area contributed by atoms with E-state index >= 15 is 0 Å². The molecule has 0 saturated heterocycles. The fraction of sp³-hybridized carbons (Fsp3) is 0.538. The molecular formula is C26H31NO5. The zero-order valence-corrected chi connectivity index (χ0v) is 19.1. The van der Waals surface area contributed by atoms with Gasteiger partial charge in [-0.05, 0) is 62.1 Å². The highest BCUT2D eigenvalue weighted by Gasteiger charge is 2.43. The van der Waals surface area contributed by atoms with Crippen LogP contribution in [0.5, 0.6) is 11.5 Å². The number of carbonyl (C=O) groups is 2. The summed E-state index contributed by atoms with van der Waals surface area (Å²) in [4.78, 5) is 26.9. The van der Waals surface area contributed by atoms with E-state index in [-0.39, 0.29) is 30.1 Å². The average Bonchev–Trinajstić information content (AvgIpc) is 3.20.